The Morgan fingerprint density at radius 2 is 1.64 bits per heavy atom. The summed E-state index contributed by atoms with van der Waals surface area (Å²) in [5.74, 6) is 0. The molecule has 0 spiro atoms. The van der Waals surface area contributed by atoms with Gasteiger partial charge in [-0.15, -0.1) is 0 Å². The Labute approximate surface area is 74.6 Å². The van der Waals surface area contributed by atoms with Crippen molar-refractivity contribution in [1.82, 2.24) is 4.90 Å². The van der Waals surface area contributed by atoms with Gasteiger partial charge < -0.3 is 4.90 Å². The summed E-state index contributed by atoms with van der Waals surface area (Å²) in [6.07, 6.45) is 0. The Balaban J connectivity index is 4.09. The van der Waals surface area contributed by atoms with Crippen LogP contribution in [0.4, 0.5) is 0 Å². The smallest absolute Gasteiger partial charge is 0.0119 e. The van der Waals surface area contributed by atoms with Crippen molar-refractivity contribution < 1.29 is 0 Å². The summed E-state index contributed by atoms with van der Waals surface area (Å²) in [6.45, 7) is 13.9. The zero-order valence-electron chi connectivity index (χ0n) is 8.94. The van der Waals surface area contributed by atoms with E-state index in [4.69, 9.17) is 0 Å². The molecule has 0 heterocycles. The van der Waals surface area contributed by atoms with Gasteiger partial charge in [0.2, 0.25) is 0 Å². The van der Waals surface area contributed by atoms with E-state index in [1.165, 1.54) is 23.3 Å². The zero-order valence-corrected chi connectivity index (χ0v) is 10.9. The lowest BCUT2D eigenvalue weighted by atomic mass is 10.0. The molecule has 0 fully saturated rings. The molecule has 0 rings (SSSR count). The van der Waals surface area contributed by atoms with Crippen molar-refractivity contribution in [3.05, 3.63) is 0 Å². The fourth-order valence-corrected chi connectivity index (χ4v) is 1.68. The predicted molar refractivity (Wildman–Crippen MR) is 56.4 cm³/mol. The van der Waals surface area contributed by atoms with Crippen LogP contribution in [-0.2, 0) is 0 Å². The van der Waals surface area contributed by atoms with E-state index in [0.717, 1.165) is 6.04 Å². The average Bonchev–Trinajstić information content (AvgIpc) is 1.88. The van der Waals surface area contributed by atoms with Gasteiger partial charge in [-0.3, -0.25) is 0 Å². The summed E-state index contributed by atoms with van der Waals surface area (Å²) in [7, 11) is 1.28. The number of rotatable bonds is 4. The molecule has 0 aliphatic carbocycles. The van der Waals surface area contributed by atoms with Gasteiger partial charge in [-0.05, 0) is 25.1 Å². The van der Waals surface area contributed by atoms with Gasteiger partial charge in [-0.2, -0.15) is 0 Å². The minimum Gasteiger partial charge on any atom is -0.301 e. The van der Waals surface area contributed by atoms with Crippen molar-refractivity contribution in [2.24, 2.45) is 0 Å². The van der Waals surface area contributed by atoms with Crippen LogP contribution in [0.5, 0.6) is 0 Å². The molecule has 1 unspecified atom stereocenters. The van der Waals surface area contributed by atoms with E-state index in [9.17, 15) is 0 Å². The number of hydrogen-bond donors (Lipinski definition) is 0. The van der Waals surface area contributed by atoms with Crippen LogP contribution in [0.2, 0.25) is 5.04 Å². The van der Waals surface area contributed by atoms with Crippen LogP contribution < -0.4 is 0 Å². The molecule has 0 radical (unpaired) electrons. The first kappa shape index (κ1) is 11.2. The lowest BCUT2D eigenvalue weighted by Crippen LogP contribution is -2.39. The summed E-state index contributed by atoms with van der Waals surface area (Å²) >= 11 is 0. The second-order valence-corrected chi connectivity index (χ2v) is 6.84. The normalized spacial score (nSPS) is 15.8. The van der Waals surface area contributed by atoms with E-state index in [2.05, 4.69) is 39.5 Å². The summed E-state index contributed by atoms with van der Waals surface area (Å²) < 4.78 is 0. The van der Waals surface area contributed by atoms with Crippen molar-refractivity contribution in [2.45, 2.75) is 45.7 Å². The standard InChI is InChI=1S/C9H23NSi/c1-6-10(7-2)8(3)9(4,5)11/h8H,6-7H2,1-5,11H3. The molecule has 1 nitrogen and oxygen atoms in total. The summed E-state index contributed by atoms with van der Waals surface area (Å²) in [6, 6.07) is 0.740. The van der Waals surface area contributed by atoms with Gasteiger partial charge in [-0.1, -0.05) is 27.7 Å². The lowest BCUT2D eigenvalue weighted by Gasteiger charge is -2.36. The van der Waals surface area contributed by atoms with Crippen LogP contribution in [0.1, 0.15) is 34.6 Å². The minimum absolute atomic E-state index is 0.548. The third kappa shape index (κ3) is 3.39. The quantitative estimate of drug-likeness (QED) is 0.579. The molecule has 0 aliphatic rings. The molecule has 1 atom stereocenters. The molecule has 0 N–H and O–H groups in total. The third-order valence-electron chi connectivity index (χ3n) is 2.61. The molecule has 0 saturated heterocycles. The maximum Gasteiger partial charge on any atom is 0.0119 e. The van der Waals surface area contributed by atoms with E-state index in [0.29, 0.717) is 5.04 Å². The Hall–Kier alpha value is 0.177. The van der Waals surface area contributed by atoms with Gasteiger partial charge in [0.05, 0.1) is 0 Å². The van der Waals surface area contributed by atoms with Crippen LogP contribution in [0.3, 0.4) is 0 Å². The monoisotopic (exact) mass is 173 g/mol. The largest absolute Gasteiger partial charge is 0.301 e. The average molecular weight is 173 g/mol. The van der Waals surface area contributed by atoms with Gasteiger partial charge in [0.25, 0.3) is 0 Å². The molecule has 0 saturated carbocycles. The van der Waals surface area contributed by atoms with Crippen molar-refractivity contribution in [3.8, 4) is 0 Å². The third-order valence-corrected chi connectivity index (χ3v) is 3.45. The summed E-state index contributed by atoms with van der Waals surface area (Å²) in [5.41, 5.74) is 0. The zero-order chi connectivity index (χ0) is 9.07. The predicted octanol–water partition coefficient (Wildman–Crippen LogP) is 1.28. The molecule has 68 valence electrons. The molecule has 0 amide bonds. The first-order chi connectivity index (χ1) is 4.93. The molecule has 2 heteroatoms. The molecule has 0 aromatic rings. The number of nitrogens with zero attached hydrogens (tertiary/aromatic N) is 1. The molecular weight excluding hydrogens is 150 g/mol. The van der Waals surface area contributed by atoms with E-state index >= 15 is 0 Å². The van der Waals surface area contributed by atoms with Gasteiger partial charge in [0.1, 0.15) is 0 Å². The van der Waals surface area contributed by atoms with Crippen LogP contribution in [0, 0.1) is 0 Å². The first-order valence-corrected chi connectivity index (χ1v) is 5.67. The van der Waals surface area contributed by atoms with Gasteiger partial charge >= 0.3 is 0 Å². The van der Waals surface area contributed by atoms with Crippen molar-refractivity contribution in [3.63, 3.8) is 0 Å². The van der Waals surface area contributed by atoms with Gasteiger partial charge in [-0.25, -0.2) is 0 Å². The van der Waals surface area contributed by atoms with Crippen molar-refractivity contribution in [2.75, 3.05) is 13.1 Å². The van der Waals surface area contributed by atoms with Gasteiger partial charge in [0, 0.05) is 16.3 Å². The van der Waals surface area contributed by atoms with Crippen LogP contribution in [0.25, 0.3) is 0 Å². The topological polar surface area (TPSA) is 3.24 Å². The van der Waals surface area contributed by atoms with E-state index in [-0.39, 0.29) is 0 Å². The van der Waals surface area contributed by atoms with E-state index in [1.807, 2.05) is 0 Å². The molecule has 0 aromatic carbocycles. The second-order valence-electron chi connectivity index (χ2n) is 4.26. The second kappa shape index (κ2) is 4.26. The Morgan fingerprint density at radius 1 is 1.27 bits per heavy atom. The first-order valence-electron chi connectivity index (χ1n) is 4.67. The minimum atomic E-state index is 0.548. The molecule has 0 aromatic heterocycles. The van der Waals surface area contributed by atoms with Crippen molar-refractivity contribution in [1.29, 1.82) is 0 Å². The highest BCUT2D eigenvalue weighted by Crippen LogP contribution is 2.27. The van der Waals surface area contributed by atoms with E-state index in [1.54, 1.807) is 0 Å². The molecule has 11 heavy (non-hydrogen) atoms. The maximum absolute atomic E-state index is 2.53. The lowest BCUT2D eigenvalue weighted by molar-refractivity contribution is 0.194. The summed E-state index contributed by atoms with van der Waals surface area (Å²) in [5, 5.41) is 0.548. The van der Waals surface area contributed by atoms with Crippen LogP contribution in [0.15, 0.2) is 0 Å². The summed E-state index contributed by atoms with van der Waals surface area (Å²) in [4.78, 5) is 2.53. The van der Waals surface area contributed by atoms with Crippen LogP contribution >= 0.6 is 0 Å². The SMILES string of the molecule is CCN(CC)C(C)C(C)(C)[SiH3]. The van der Waals surface area contributed by atoms with Crippen molar-refractivity contribution >= 4 is 10.2 Å². The highest BCUT2D eigenvalue weighted by molar-refractivity contribution is 6.15. The fourth-order valence-electron chi connectivity index (χ4n) is 1.32. The molecule has 0 bridgehead atoms. The maximum atomic E-state index is 2.53. The molecular formula is C9H23NSi. The highest BCUT2D eigenvalue weighted by Gasteiger charge is 2.23. The highest BCUT2D eigenvalue weighted by atomic mass is 28.1. The fraction of sp³-hybridized carbons (Fsp3) is 1.00. The van der Waals surface area contributed by atoms with Crippen LogP contribution in [-0.4, -0.2) is 34.3 Å². The Kier molecular flexibility index (Phi) is 4.33. The number of hydrogen-bond acceptors (Lipinski definition) is 1. The Morgan fingerprint density at radius 3 is 1.73 bits per heavy atom. The van der Waals surface area contributed by atoms with E-state index < -0.39 is 0 Å². The molecule has 0 aliphatic heterocycles. The van der Waals surface area contributed by atoms with Gasteiger partial charge in [0.15, 0.2) is 0 Å². The Bertz CT molecular complexity index is 103.